The van der Waals surface area contributed by atoms with Crippen LogP contribution >= 0.6 is 11.3 Å². The maximum atomic E-state index is 12.2. The predicted octanol–water partition coefficient (Wildman–Crippen LogP) is 1.16. The van der Waals surface area contributed by atoms with E-state index < -0.39 is 0 Å². The summed E-state index contributed by atoms with van der Waals surface area (Å²) >= 11 is 1.37. The summed E-state index contributed by atoms with van der Waals surface area (Å²) in [6.07, 6.45) is 5.75. The van der Waals surface area contributed by atoms with Crippen LogP contribution in [-0.2, 0) is 11.3 Å². The molecule has 1 saturated carbocycles. The zero-order valence-electron chi connectivity index (χ0n) is 12.0. The Balaban J connectivity index is 2.02. The Morgan fingerprint density at radius 1 is 1.38 bits per heavy atom. The predicted molar refractivity (Wildman–Crippen MR) is 81.6 cm³/mol. The molecule has 5 N–H and O–H groups in total. The number of amides is 2. The summed E-state index contributed by atoms with van der Waals surface area (Å²) in [5, 5.41) is 5.36. The van der Waals surface area contributed by atoms with Crippen LogP contribution in [-0.4, -0.2) is 22.8 Å². The first-order chi connectivity index (χ1) is 10.1. The molecule has 1 aromatic rings. The Kier molecular flexibility index (Phi) is 5.69. The molecule has 7 heteroatoms. The number of rotatable bonds is 6. The van der Waals surface area contributed by atoms with Crippen LogP contribution in [0.4, 0.5) is 0 Å². The summed E-state index contributed by atoms with van der Waals surface area (Å²) in [5.41, 5.74) is 11.2. The standard InChI is InChI=1S/C14H22N4O2S/c15-7-13-17-11(8-21-13)14(20)18-10(6-12(16)19)9-4-2-1-3-5-9/h8-10H,1-7,15H2,(H2,16,19)(H,18,20). The lowest BCUT2D eigenvalue weighted by atomic mass is 9.82. The van der Waals surface area contributed by atoms with Gasteiger partial charge in [0.2, 0.25) is 5.91 Å². The van der Waals surface area contributed by atoms with Gasteiger partial charge in [0.05, 0.1) is 0 Å². The maximum absolute atomic E-state index is 12.2. The molecular weight excluding hydrogens is 288 g/mol. The maximum Gasteiger partial charge on any atom is 0.271 e. The normalized spacial score (nSPS) is 17.4. The highest BCUT2D eigenvalue weighted by Gasteiger charge is 2.27. The second-order valence-electron chi connectivity index (χ2n) is 5.48. The van der Waals surface area contributed by atoms with E-state index in [1.165, 1.54) is 17.8 Å². The molecule has 0 spiro atoms. The van der Waals surface area contributed by atoms with E-state index in [9.17, 15) is 9.59 Å². The third kappa shape index (κ3) is 4.50. The monoisotopic (exact) mass is 310 g/mol. The van der Waals surface area contributed by atoms with Gasteiger partial charge in [-0.05, 0) is 18.8 Å². The molecule has 0 saturated heterocycles. The summed E-state index contributed by atoms with van der Waals surface area (Å²) in [7, 11) is 0. The minimum atomic E-state index is -0.383. The van der Waals surface area contributed by atoms with Crippen molar-refractivity contribution in [2.45, 2.75) is 51.1 Å². The summed E-state index contributed by atoms with van der Waals surface area (Å²) in [6.45, 7) is 0.325. The van der Waals surface area contributed by atoms with Crippen molar-refractivity contribution in [3.05, 3.63) is 16.1 Å². The minimum Gasteiger partial charge on any atom is -0.370 e. The zero-order valence-corrected chi connectivity index (χ0v) is 12.8. The van der Waals surface area contributed by atoms with E-state index in [1.807, 2.05) is 0 Å². The molecule has 2 rings (SSSR count). The van der Waals surface area contributed by atoms with Gasteiger partial charge in [-0.1, -0.05) is 19.3 Å². The highest BCUT2D eigenvalue weighted by Crippen LogP contribution is 2.28. The van der Waals surface area contributed by atoms with Gasteiger partial charge in [-0.3, -0.25) is 9.59 Å². The second-order valence-corrected chi connectivity index (χ2v) is 6.42. The molecule has 21 heavy (non-hydrogen) atoms. The highest BCUT2D eigenvalue weighted by atomic mass is 32.1. The summed E-state index contributed by atoms with van der Waals surface area (Å²) < 4.78 is 0. The van der Waals surface area contributed by atoms with E-state index in [4.69, 9.17) is 11.5 Å². The molecular formula is C14H22N4O2S. The lowest BCUT2D eigenvalue weighted by molar-refractivity contribution is -0.118. The van der Waals surface area contributed by atoms with Crippen LogP contribution in [0, 0.1) is 5.92 Å². The number of hydrogen-bond acceptors (Lipinski definition) is 5. The molecule has 0 aromatic carbocycles. The molecule has 1 heterocycles. The Hall–Kier alpha value is -1.47. The van der Waals surface area contributed by atoms with Gasteiger partial charge in [0.25, 0.3) is 5.91 Å². The van der Waals surface area contributed by atoms with Gasteiger partial charge in [-0.25, -0.2) is 4.98 Å². The third-order valence-electron chi connectivity index (χ3n) is 3.92. The van der Waals surface area contributed by atoms with Crippen molar-refractivity contribution in [1.82, 2.24) is 10.3 Å². The van der Waals surface area contributed by atoms with Gasteiger partial charge < -0.3 is 16.8 Å². The second kappa shape index (κ2) is 7.51. The highest BCUT2D eigenvalue weighted by molar-refractivity contribution is 7.09. The molecule has 1 aliphatic carbocycles. The number of carbonyl (C=O) groups excluding carboxylic acids is 2. The quantitative estimate of drug-likeness (QED) is 0.732. The number of hydrogen-bond donors (Lipinski definition) is 3. The summed E-state index contributed by atoms with van der Waals surface area (Å²) in [6, 6.07) is -0.196. The number of aromatic nitrogens is 1. The van der Waals surface area contributed by atoms with Crippen molar-refractivity contribution >= 4 is 23.2 Å². The van der Waals surface area contributed by atoms with Crippen LogP contribution in [0.3, 0.4) is 0 Å². The van der Waals surface area contributed by atoms with Crippen molar-refractivity contribution in [3.63, 3.8) is 0 Å². The largest absolute Gasteiger partial charge is 0.370 e. The lowest BCUT2D eigenvalue weighted by Gasteiger charge is -2.30. The molecule has 1 atom stereocenters. The SMILES string of the molecule is NCc1nc(C(=O)NC(CC(N)=O)C2CCCCC2)cs1. The number of nitrogens with two attached hydrogens (primary N) is 2. The van der Waals surface area contributed by atoms with Gasteiger partial charge in [0.1, 0.15) is 10.7 Å². The van der Waals surface area contributed by atoms with Crippen LogP contribution in [0.1, 0.15) is 54.0 Å². The number of primary amides is 1. The Bertz CT molecular complexity index is 497. The Labute approximate surface area is 128 Å². The molecule has 0 aliphatic heterocycles. The Morgan fingerprint density at radius 3 is 2.67 bits per heavy atom. The van der Waals surface area contributed by atoms with Gasteiger partial charge in [0, 0.05) is 24.4 Å². The van der Waals surface area contributed by atoms with Crippen LogP contribution in [0.15, 0.2) is 5.38 Å². The molecule has 1 aliphatic rings. The van der Waals surface area contributed by atoms with Crippen LogP contribution < -0.4 is 16.8 Å². The minimum absolute atomic E-state index is 0.185. The Morgan fingerprint density at radius 2 is 2.10 bits per heavy atom. The average molecular weight is 310 g/mol. The lowest BCUT2D eigenvalue weighted by Crippen LogP contribution is -2.43. The summed E-state index contributed by atoms with van der Waals surface area (Å²) in [5.74, 6) is -0.308. The van der Waals surface area contributed by atoms with Crippen molar-refractivity contribution in [2.75, 3.05) is 0 Å². The van der Waals surface area contributed by atoms with Gasteiger partial charge in [0.15, 0.2) is 0 Å². The molecule has 116 valence electrons. The first-order valence-electron chi connectivity index (χ1n) is 7.33. The zero-order chi connectivity index (χ0) is 15.2. The van der Waals surface area contributed by atoms with E-state index in [1.54, 1.807) is 5.38 Å². The van der Waals surface area contributed by atoms with Gasteiger partial charge >= 0.3 is 0 Å². The molecule has 2 amide bonds. The van der Waals surface area contributed by atoms with Crippen molar-refractivity contribution < 1.29 is 9.59 Å². The molecule has 1 unspecified atom stereocenters. The van der Waals surface area contributed by atoms with E-state index in [0.717, 1.165) is 30.7 Å². The van der Waals surface area contributed by atoms with Gasteiger partial charge in [-0.15, -0.1) is 11.3 Å². The third-order valence-corrected chi connectivity index (χ3v) is 4.79. The number of nitrogens with one attached hydrogen (secondary N) is 1. The van der Waals surface area contributed by atoms with Crippen LogP contribution in [0.25, 0.3) is 0 Å². The topological polar surface area (TPSA) is 111 Å². The van der Waals surface area contributed by atoms with Crippen LogP contribution in [0.2, 0.25) is 0 Å². The molecule has 0 radical (unpaired) electrons. The molecule has 6 nitrogen and oxygen atoms in total. The number of nitrogens with zero attached hydrogens (tertiary/aromatic N) is 1. The van der Waals surface area contributed by atoms with Crippen molar-refractivity contribution in [1.29, 1.82) is 0 Å². The smallest absolute Gasteiger partial charge is 0.271 e. The van der Waals surface area contributed by atoms with E-state index >= 15 is 0 Å². The van der Waals surface area contributed by atoms with Crippen molar-refractivity contribution in [3.8, 4) is 0 Å². The van der Waals surface area contributed by atoms with E-state index in [2.05, 4.69) is 10.3 Å². The first kappa shape index (κ1) is 15.9. The molecule has 1 fully saturated rings. The number of thiazole rings is 1. The van der Waals surface area contributed by atoms with E-state index in [0.29, 0.717) is 18.2 Å². The number of carbonyl (C=O) groups is 2. The van der Waals surface area contributed by atoms with Gasteiger partial charge in [-0.2, -0.15) is 0 Å². The fourth-order valence-corrected chi connectivity index (χ4v) is 3.49. The van der Waals surface area contributed by atoms with Crippen LogP contribution in [0.5, 0.6) is 0 Å². The summed E-state index contributed by atoms with van der Waals surface area (Å²) in [4.78, 5) is 27.7. The van der Waals surface area contributed by atoms with E-state index in [-0.39, 0.29) is 24.3 Å². The van der Waals surface area contributed by atoms with Crippen molar-refractivity contribution in [2.24, 2.45) is 17.4 Å². The average Bonchev–Trinajstić information content (AvgIpc) is 2.96. The molecule has 1 aromatic heterocycles. The fraction of sp³-hybridized carbons (Fsp3) is 0.643. The molecule has 0 bridgehead atoms. The first-order valence-corrected chi connectivity index (χ1v) is 8.21. The fourth-order valence-electron chi connectivity index (χ4n) is 2.84.